The molecule has 3 atom stereocenters. The normalized spacial score (nSPS) is 27.4. The lowest BCUT2D eigenvalue weighted by Gasteiger charge is -2.37. The van der Waals surface area contributed by atoms with Crippen LogP contribution in [0.2, 0.25) is 0 Å². The molecule has 8 heteroatoms. The summed E-state index contributed by atoms with van der Waals surface area (Å²) in [6.07, 6.45) is 4.16. The summed E-state index contributed by atoms with van der Waals surface area (Å²) < 4.78 is 10.7. The highest BCUT2D eigenvalue weighted by atomic mass is 16.5. The molecule has 4 rings (SSSR count). The van der Waals surface area contributed by atoms with Crippen molar-refractivity contribution in [2.45, 2.75) is 62.8 Å². The third-order valence-corrected chi connectivity index (χ3v) is 7.30. The lowest BCUT2D eigenvalue weighted by Crippen LogP contribution is -2.53. The van der Waals surface area contributed by atoms with E-state index in [0.717, 1.165) is 56.8 Å². The molecule has 0 spiro atoms. The molecule has 32 heavy (non-hydrogen) atoms. The molecule has 2 N–H and O–H groups in total. The third kappa shape index (κ3) is 5.24. The van der Waals surface area contributed by atoms with Crippen molar-refractivity contribution in [1.29, 1.82) is 0 Å². The molecule has 3 heterocycles. The summed E-state index contributed by atoms with van der Waals surface area (Å²) in [5.74, 6) is 0.980. The predicted octanol–water partition coefficient (Wildman–Crippen LogP) is 1.14. The summed E-state index contributed by atoms with van der Waals surface area (Å²) in [5, 5.41) is 6.17. The maximum Gasteiger partial charge on any atom is 0.239 e. The molecular weight excluding hydrogens is 408 g/mol. The molecule has 1 aromatic carbocycles. The van der Waals surface area contributed by atoms with Gasteiger partial charge in [0.25, 0.3) is 0 Å². The smallest absolute Gasteiger partial charge is 0.239 e. The van der Waals surface area contributed by atoms with E-state index in [4.69, 9.17) is 9.47 Å². The quantitative estimate of drug-likeness (QED) is 0.657. The molecule has 3 saturated heterocycles. The second-order valence-electron chi connectivity index (χ2n) is 9.11. The van der Waals surface area contributed by atoms with Crippen molar-refractivity contribution in [3.8, 4) is 5.75 Å². The first-order valence-corrected chi connectivity index (χ1v) is 11.8. The molecule has 3 unspecified atom stereocenters. The Bertz CT molecular complexity index is 781. The maximum absolute atomic E-state index is 13.0. The summed E-state index contributed by atoms with van der Waals surface area (Å²) in [5.41, 5.74) is 1.04. The minimum absolute atomic E-state index is 0.0385. The molecule has 3 aliphatic rings. The van der Waals surface area contributed by atoms with Crippen LogP contribution >= 0.6 is 0 Å². The molecule has 0 radical (unpaired) electrons. The first-order valence-electron chi connectivity index (χ1n) is 11.8. The van der Waals surface area contributed by atoms with Crippen molar-refractivity contribution in [3.63, 3.8) is 0 Å². The predicted molar refractivity (Wildman–Crippen MR) is 121 cm³/mol. The highest BCUT2D eigenvalue weighted by Gasteiger charge is 2.47. The van der Waals surface area contributed by atoms with E-state index in [0.29, 0.717) is 25.6 Å². The largest absolute Gasteiger partial charge is 0.497 e. The van der Waals surface area contributed by atoms with Crippen LogP contribution in [0.1, 0.15) is 37.7 Å². The number of hydrogen-bond donors (Lipinski definition) is 2. The number of carbonyl (C=O) groups is 2. The fourth-order valence-corrected chi connectivity index (χ4v) is 5.35. The number of amides is 2. The van der Waals surface area contributed by atoms with Crippen molar-refractivity contribution in [2.24, 2.45) is 0 Å². The molecule has 3 aliphatic heterocycles. The minimum atomic E-state index is -0.100. The Hall–Kier alpha value is -2.16. The number of rotatable bonds is 7. The number of carbonyl (C=O) groups excluding carboxylic acids is 2. The van der Waals surface area contributed by atoms with E-state index in [1.54, 1.807) is 7.11 Å². The van der Waals surface area contributed by atoms with Gasteiger partial charge >= 0.3 is 0 Å². The van der Waals surface area contributed by atoms with E-state index < -0.39 is 0 Å². The second kappa shape index (κ2) is 10.6. The van der Waals surface area contributed by atoms with Crippen LogP contribution in [-0.4, -0.2) is 86.2 Å². The Morgan fingerprint density at radius 3 is 2.69 bits per heavy atom. The molecule has 1 aromatic rings. The van der Waals surface area contributed by atoms with Crippen LogP contribution < -0.4 is 15.4 Å². The van der Waals surface area contributed by atoms with Gasteiger partial charge in [0.2, 0.25) is 11.8 Å². The Labute approximate surface area is 190 Å². The molecule has 2 amide bonds. The van der Waals surface area contributed by atoms with Crippen molar-refractivity contribution in [3.05, 3.63) is 29.8 Å². The summed E-state index contributed by atoms with van der Waals surface area (Å²) in [4.78, 5) is 30.2. The number of benzene rings is 1. The SMILES string of the molecule is COc1ccc(CNC(=O)CCC2CNC(=O)C3C(CCN3C3CCOCC3)N2C)cc1. The van der Waals surface area contributed by atoms with Gasteiger partial charge in [-0.3, -0.25) is 19.4 Å². The van der Waals surface area contributed by atoms with Gasteiger partial charge in [0.15, 0.2) is 0 Å². The van der Waals surface area contributed by atoms with Crippen LogP contribution in [0.15, 0.2) is 24.3 Å². The monoisotopic (exact) mass is 444 g/mol. The van der Waals surface area contributed by atoms with Gasteiger partial charge in [-0.15, -0.1) is 0 Å². The van der Waals surface area contributed by atoms with Gasteiger partial charge in [-0.25, -0.2) is 0 Å². The number of likely N-dealkylation sites (N-methyl/N-ethyl adjacent to an activating group) is 1. The lowest BCUT2D eigenvalue weighted by molar-refractivity contribution is -0.127. The highest BCUT2D eigenvalue weighted by Crippen LogP contribution is 2.31. The van der Waals surface area contributed by atoms with Crippen LogP contribution in [0.4, 0.5) is 0 Å². The van der Waals surface area contributed by atoms with E-state index in [1.807, 2.05) is 24.3 Å². The van der Waals surface area contributed by atoms with Crippen LogP contribution in [0, 0.1) is 0 Å². The van der Waals surface area contributed by atoms with Crippen LogP contribution in [0.5, 0.6) is 5.75 Å². The van der Waals surface area contributed by atoms with Crippen molar-refractivity contribution < 1.29 is 19.1 Å². The Morgan fingerprint density at radius 2 is 1.97 bits per heavy atom. The number of methoxy groups -OCH3 is 1. The van der Waals surface area contributed by atoms with Gasteiger partial charge < -0.3 is 20.1 Å². The molecular formula is C24H36N4O4. The standard InChI is InChI=1S/C24H36N4O4/c1-27-19(5-8-22(29)25-15-17-3-6-20(31-2)7-4-17)16-26-24(30)23-21(27)9-12-28(23)18-10-13-32-14-11-18/h3-4,6-7,18-19,21,23H,5,8-16H2,1-2H3,(H,25,29)(H,26,30). The Morgan fingerprint density at radius 1 is 1.22 bits per heavy atom. The molecule has 3 fully saturated rings. The minimum Gasteiger partial charge on any atom is -0.497 e. The zero-order chi connectivity index (χ0) is 22.5. The van der Waals surface area contributed by atoms with E-state index in [-0.39, 0.29) is 29.9 Å². The number of likely N-dealkylation sites (tertiary alicyclic amines) is 1. The van der Waals surface area contributed by atoms with Gasteiger partial charge in [-0.05, 0) is 50.4 Å². The van der Waals surface area contributed by atoms with E-state index in [9.17, 15) is 9.59 Å². The van der Waals surface area contributed by atoms with Gasteiger partial charge in [0.05, 0.1) is 7.11 Å². The van der Waals surface area contributed by atoms with Crippen molar-refractivity contribution >= 4 is 11.8 Å². The average Bonchev–Trinajstić information content (AvgIpc) is 3.24. The summed E-state index contributed by atoms with van der Waals surface area (Å²) in [6.45, 7) is 3.61. The summed E-state index contributed by atoms with van der Waals surface area (Å²) in [7, 11) is 3.76. The number of hydrogen-bond acceptors (Lipinski definition) is 6. The first kappa shape index (κ1) is 23.0. The van der Waals surface area contributed by atoms with Crippen LogP contribution in [0.25, 0.3) is 0 Å². The number of nitrogens with zero attached hydrogens (tertiary/aromatic N) is 2. The fourth-order valence-electron chi connectivity index (χ4n) is 5.35. The lowest BCUT2D eigenvalue weighted by atomic mass is 10.0. The van der Waals surface area contributed by atoms with Gasteiger partial charge in [0, 0.05) is 57.4 Å². The van der Waals surface area contributed by atoms with Gasteiger partial charge in [0.1, 0.15) is 11.8 Å². The Balaban J connectivity index is 1.29. The first-order chi connectivity index (χ1) is 15.6. The number of fused-ring (bicyclic) bond motifs is 1. The average molecular weight is 445 g/mol. The molecule has 0 saturated carbocycles. The zero-order valence-electron chi connectivity index (χ0n) is 19.2. The second-order valence-corrected chi connectivity index (χ2v) is 9.11. The summed E-state index contributed by atoms with van der Waals surface area (Å²) in [6, 6.07) is 8.40. The fraction of sp³-hybridized carbons (Fsp3) is 0.667. The third-order valence-electron chi connectivity index (χ3n) is 7.30. The number of ether oxygens (including phenoxy) is 2. The topological polar surface area (TPSA) is 83.1 Å². The summed E-state index contributed by atoms with van der Waals surface area (Å²) >= 11 is 0. The van der Waals surface area contributed by atoms with E-state index in [1.165, 1.54) is 0 Å². The number of nitrogens with one attached hydrogen (secondary N) is 2. The van der Waals surface area contributed by atoms with Crippen LogP contribution in [0.3, 0.4) is 0 Å². The van der Waals surface area contributed by atoms with Gasteiger partial charge in [-0.1, -0.05) is 12.1 Å². The molecule has 0 aliphatic carbocycles. The highest BCUT2D eigenvalue weighted by molar-refractivity contribution is 5.83. The Kier molecular flexibility index (Phi) is 7.65. The van der Waals surface area contributed by atoms with Gasteiger partial charge in [-0.2, -0.15) is 0 Å². The van der Waals surface area contributed by atoms with E-state index >= 15 is 0 Å². The maximum atomic E-state index is 13.0. The van der Waals surface area contributed by atoms with Crippen molar-refractivity contribution in [1.82, 2.24) is 20.4 Å². The molecule has 176 valence electrons. The molecule has 8 nitrogen and oxygen atoms in total. The molecule has 0 bridgehead atoms. The van der Waals surface area contributed by atoms with Crippen LogP contribution in [-0.2, 0) is 20.9 Å². The van der Waals surface area contributed by atoms with Crippen molar-refractivity contribution in [2.75, 3.05) is 40.5 Å². The molecule has 0 aromatic heterocycles. The zero-order valence-corrected chi connectivity index (χ0v) is 19.2. The van der Waals surface area contributed by atoms with E-state index in [2.05, 4.69) is 27.5 Å².